The standard InChI is InChI=1S/C15H25N3/c1-12-6-7-15(14(16)10-12)17-13(2)11-18-8-4-3-5-9-18/h6-7,10,13,17H,3-5,8-9,11,16H2,1-2H3. The van der Waals surface area contributed by atoms with E-state index < -0.39 is 0 Å². The van der Waals surface area contributed by atoms with Crippen LogP contribution in [0.3, 0.4) is 0 Å². The highest BCUT2D eigenvalue weighted by Crippen LogP contribution is 2.20. The van der Waals surface area contributed by atoms with Crippen molar-refractivity contribution in [2.45, 2.75) is 39.2 Å². The van der Waals surface area contributed by atoms with Crippen LogP contribution in [0.1, 0.15) is 31.7 Å². The summed E-state index contributed by atoms with van der Waals surface area (Å²) in [6.07, 6.45) is 4.09. The third-order valence-corrected chi connectivity index (χ3v) is 3.59. The van der Waals surface area contributed by atoms with Crippen molar-refractivity contribution in [3.8, 4) is 0 Å². The van der Waals surface area contributed by atoms with Gasteiger partial charge in [-0.2, -0.15) is 0 Å². The van der Waals surface area contributed by atoms with Crippen LogP contribution in [-0.2, 0) is 0 Å². The summed E-state index contributed by atoms with van der Waals surface area (Å²) in [5, 5.41) is 3.52. The lowest BCUT2D eigenvalue weighted by atomic mass is 10.1. The Kier molecular flexibility index (Phi) is 4.48. The van der Waals surface area contributed by atoms with Crippen LogP contribution < -0.4 is 11.1 Å². The molecule has 0 amide bonds. The lowest BCUT2D eigenvalue weighted by Gasteiger charge is -2.30. The molecule has 18 heavy (non-hydrogen) atoms. The van der Waals surface area contributed by atoms with Crippen molar-refractivity contribution in [3.05, 3.63) is 23.8 Å². The number of nitrogens with one attached hydrogen (secondary N) is 1. The van der Waals surface area contributed by atoms with Gasteiger partial charge >= 0.3 is 0 Å². The Labute approximate surface area is 110 Å². The van der Waals surface area contributed by atoms with Crippen LogP contribution >= 0.6 is 0 Å². The fraction of sp³-hybridized carbons (Fsp3) is 0.600. The number of hydrogen-bond acceptors (Lipinski definition) is 3. The van der Waals surface area contributed by atoms with Crippen LogP contribution in [0.2, 0.25) is 0 Å². The molecule has 0 bridgehead atoms. The van der Waals surface area contributed by atoms with Gasteiger partial charge in [-0.05, 0) is 57.5 Å². The molecule has 3 N–H and O–H groups in total. The summed E-state index contributed by atoms with van der Waals surface area (Å²) in [4.78, 5) is 2.55. The number of aryl methyl sites for hydroxylation is 1. The normalized spacial score (nSPS) is 18.6. The van der Waals surface area contributed by atoms with Gasteiger partial charge in [-0.15, -0.1) is 0 Å². The molecule has 1 unspecified atom stereocenters. The van der Waals surface area contributed by atoms with Crippen LogP contribution in [0.5, 0.6) is 0 Å². The topological polar surface area (TPSA) is 41.3 Å². The van der Waals surface area contributed by atoms with E-state index in [4.69, 9.17) is 5.73 Å². The van der Waals surface area contributed by atoms with Crippen molar-refractivity contribution in [3.63, 3.8) is 0 Å². The Balaban J connectivity index is 1.87. The fourth-order valence-electron chi connectivity index (χ4n) is 2.65. The zero-order valence-corrected chi connectivity index (χ0v) is 11.6. The van der Waals surface area contributed by atoms with Crippen molar-refractivity contribution < 1.29 is 0 Å². The summed E-state index contributed by atoms with van der Waals surface area (Å²) < 4.78 is 0. The lowest BCUT2D eigenvalue weighted by Crippen LogP contribution is -2.38. The minimum atomic E-state index is 0.438. The Hall–Kier alpha value is -1.22. The van der Waals surface area contributed by atoms with Crippen LogP contribution in [0.25, 0.3) is 0 Å². The van der Waals surface area contributed by atoms with Gasteiger partial charge in [0.25, 0.3) is 0 Å². The van der Waals surface area contributed by atoms with Crippen molar-refractivity contribution in [1.29, 1.82) is 0 Å². The predicted molar refractivity (Wildman–Crippen MR) is 79.0 cm³/mol. The maximum atomic E-state index is 6.03. The first-order chi connectivity index (χ1) is 8.65. The van der Waals surface area contributed by atoms with E-state index in [9.17, 15) is 0 Å². The number of nitrogen functional groups attached to an aromatic ring is 1. The zero-order chi connectivity index (χ0) is 13.0. The molecule has 1 aromatic carbocycles. The molecule has 100 valence electrons. The monoisotopic (exact) mass is 247 g/mol. The van der Waals surface area contributed by atoms with E-state index in [-0.39, 0.29) is 0 Å². The number of anilines is 2. The molecule has 1 fully saturated rings. The largest absolute Gasteiger partial charge is 0.397 e. The summed E-state index contributed by atoms with van der Waals surface area (Å²) in [6.45, 7) is 7.89. The average molecular weight is 247 g/mol. The molecule has 1 aromatic rings. The molecule has 0 radical (unpaired) electrons. The van der Waals surface area contributed by atoms with Crippen LogP contribution in [0.4, 0.5) is 11.4 Å². The van der Waals surface area contributed by atoms with Gasteiger partial charge in [0.15, 0.2) is 0 Å². The highest BCUT2D eigenvalue weighted by atomic mass is 15.1. The Morgan fingerprint density at radius 1 is 1.28 bits per heavy atom. The summed E-state index contributed by atoms with van der Waals surface area (Å²) in [6, 6.07) is 6.65. The van der Waals surface area contributed by atoms with Crippen molar-refractivity contribution >= 4 is 11.4 Å². The molecule has 3 nitrogen and oxygen atoms in total. The van der Waals surface area contributed by atoms with Crippen molar-refractivity contribution in [2.24, 2.45) is 0 Å². The summed E-state index contributed by atoms with van der Waals surface area (Å²) in [7, 11) is 0. The second-order valence-corrected chi connectivity index (χ2v) is 5.50. The molecule has 1 heterocycles. The van der Waals surface area contributed by atoms with E-state index in [1.165, 1.54) is 37.9 Å². The molecule has 2 rings (SSSR count). The van der Waals surface area contributed by atoms with Gasteiger partial charge in [-0.3, -0.25) is 0 Å². The van der Waals surface area contributed by atoms with Gasteiger partial charge in [-0.1, -0.05) is 12.5 Å². The molecule has 3 heteroatoms. The third-order valence-electron chi connectivity index (χ3n) is 3.59. The van der Waals surface area contributed by atoms with E-state index in [0.717, 1.165) is 17.9 Å². The molecule has 1 aliphatic heterocycles. The number of nitrogens with two attached hydrogens (primary N) is 1. The van der Waals surface area contributed by atoms with Gasteiger partial charge < -0.3 is 16.0 Å². The predicted octanol–water partition coefficient (Wildman–Crippen LogP) is 2.86. The summed E-state index contributed by atoms with van der Waals surface area (Å²) in [5.41, 5.74) is 9.14. The number of piperidine rings is 1. The second-order valence-electron chi connectivity index (χ2n) is 5.50. The van der Waals surface area contributed by atoms with Crippen LogP contribution in [-0.4, -0.2) is 30.6 Å². The third kappa shape index (κ3) is 3.64. The number of nitrogens with zero attached hydrogens (tertiary/aromatic N) is 1. The van der Waals surface area contributed by atoms with Gasteiger partial charge in [0.05, 0.1) is 11.4 Å². The van der Waals surface area contributed by atoms with Gasteiger partial charge in [0, 0.05) is 12.6 Å². The number of likely N-dealkylation sites (tertiary alicyclic amines) is 1. The minimum Gasteiger partial charge on any atom is -0.397 e. The molecule has 1 atom stereocenters. The van der Waals surface area contributed by atoms with Crippen molar-refractivity contribution in [2.75, 3.05) is 30.7 Å². The zero-order valence-electron chi connectivity index (χ0n) is 11.6. The van der Waals surface area contributed by atoms with E-state index in [1.807, 2.05) is 6.07 Å². The van der Waals surface area contributed by atoms with Gasteiger partial charge in [0.2, 0.25) is 0 Å². The first-order valence-corrected chi connectivity index (χ1v) is 7.00. The SMILES string of the molecule is Cc1ccc(NC(C)CN2CCCCC2)c(N)c1. The molecule has 0 aliphatic carbocycles. The van der Waals surface area contributed by atoms with Gasteiger partial charge in [0.1, 0.15) is 0 Å². The molecule has 1 saturated heterocycles. The van der Waals surface area contributed by atoms with E-state index in [1.54, 1.807) is 0 Å². The fourth-order valence-corrected chi connectivity index (χ4v) is 2.65. The summed E-state index contributed by atoms with van der Waals surface area (Å²) in [5.74, 6) is 0. The second kappa shape index (κ2) is 6.10. The lowest BCUT2D eigenvalue weighted by molar-refractivity contribution is 0.223. The van der Waals surface area contributed by atoms with Gasteiger partial charge in [-0.25, -0.2) is 0 Å². The first kappa shape index (κ1) is 13.2. The minimum absolute atomic E-state index is 0.438. The summed E-state index contributed by atoms with van der Waals surface area (Å²) >= 11 is 0. The number of rotatable bonds is 4. The first-order valence-electron chi connectivity index (χ1n) is 7.00. The number of benzene rings is 1. The van der Waals surface area contributed by atoms with Crippen LogP contribution in [0, 0.1) is 6.92 Å². The molecular weight excluding hydrogens is 222 g/mol. The Morgan fingerprint density at radius 2 is 2.00 bits per heavy atom. The number of hydrogen-bond donors (Lipinski definition) is 2. The highest BCUT2D eigenvalue weighted by molar-refractivity contribution is 5.67. The molecule has 0 saturated carbocycles. The Morgan fingerprint density at radius 3 is 2.67 bits per heavy atom. The van der Waals surface area contributed by atoms with Crippen LogP contribution in [0.15, 0.2) is 18.2 Å². The average Bonchev–Trinajstić information content (AvgIpc) is 2.34. The highest BCUT2D eigenvalue weighted by Gasteiger charge is 2.13. The van der Waals surface area contributed by atoms with Crippen molar-refractivity contribution in [1.82, 2.24) is 4.90 Å². The van der Waals surface area contributed by atoms with E-state index >= 15 is 0 Å². The Bertz CT molecular complexity index is 383. The van der Waals surface area contributed by atoms with E-state index in [0.29, 0.717) is 6.04 Å². The maximum Gasteiger partial charge on any atom is 0.0576 e. The smallest absolute Gasteiger partial charge is 0.0576 e. The molecule has 0 aromatic heterocycles. The molecule has 0 spiro atoms. The molecule has 1 aliphatic rings. The van der Waals surface area contributed by atoms with E-state index in [2.05, 4.69) is 36.2 Å². The quantitative estimate of drug-likeness (QED) is 0.804. The maximum absolute atomic E-state index is 6.03. The molecular formula is C15H25N3.